The van der Waals surface area contributed by atoms with E-state index in [4.69, 9.17) is 4.42 Å². The molecule has 0 aliphatic rings. The van der Waals surface area contributed by atoms with E-state index in [0.717, 1.165) is 0 Å². The minimum absolute atomic E-state index is 0.0331. The number of aryl methyl sites for hydroxylation is 1. The van der Waals surface area contributed by atoms with Gasteiger partial charge < -0.3 is 9.73 Å². The fraction of sp³-hybridized carbons (Fsp3) is 0.235. The minimum atomic E-state index is -0.473. The van der Waals surface area contributed by atoms with Gasteiger partial charge in [0.15, 0.2) is 16.7 Å². The van der Waals surface area contributed by atoms with Gasteiger partial charge in [-0.1, -0.05) is 17.8 Å². The molecular weight excluding hydrogens is 370 g/mol. The molecule has 140 valence electrons. The van der Waals surface area contributed by atoms with Crippen LogP contribution in [-0.2, 0) is 11.3 Å². The summed E-state index contributed by atoms with van der Waals surface area (Å²) in [6.07, 6.45) is 1.56. The average molecular weight is 387 g/mol. The lowest BCUT2D eigenvalue weighted by atomic mass is 10.2. The molecule has 3 rings (SSSR count). The summed E-state index contributed by atoms with van der Waals surface area (Å²) in [5, 5.41) is 22.5. The summed E-state index contributed by atoms with van der Waals surface area (Å²) in [7, 11) is 0. The fourth-order valence-electron chi connectivity index (χ4n) is 2.48. The van der Waals surface area contributed by atoms with Crippen molar-refractivity contribution < 1.29 is 14.1 Å². The topological polar surface area (TPSA) is 116 Å². The molecule has 0 saturated carbocycles. The zero-order valence-electron chi connectivity index (χ0n) is 14.7. The number of aromatic nitrogens is 3. The number of nitrogens with zero attached hydrogens (tertiary/aromatic N) is 4. The van der Waals surface area contributed by atoms with Crippen molar-refractivity contribution in [3.8, 4) is 11.6 Å². The Morgan fingerprint density at radius 3 is 2.85 bits per heavy atom. The highest BCUT2D eigenvalue weighted by Gasteiger charge is 2.17. The van der Waals surface area contributed by atoms with E-state index in [-0.39, 0.29) is 17.3 Å². The van der Waals surface area contributed by atoms with Gasteiger partial charge in [0, 0.05) is 23.9 Å². The molecule has 2 heterocycles. The lowest BCUT2D eigenvalue weighted by Gasteiger charge is -2.07. The summed E-state index contributed by atoms with van der Waals surface area (Å²) in [5.41, 5.74) is 0.884. The van der Waals surface area contributed by atoms with Crippen molar-refractivity contribution in [2.24, 2.45) is 0 Å². The van der Waals surface area contributed by atoms with E-state index in [0.29, 0.717) is 34.5 Å². The van der Waals surface area contributed by atoms with E-state index in [2.05, 4.69) is 15.5 Å². The number of rotatable bonds is 7. The molecule has 0 atom stereocenters. The Morgan fingerprint density at radius 2 is 2.19 bits per heavy atom. The first kappa shape index (κ1) is 18.6. The number of nitrogens with one attached hydrogen (secondary N) is 1. The highest BCUT2D eigenvalue weighted by molar-refractivity contribution is 7.99. The summed E-state index contributed by atoms with van der Waals surface area (Å²) in [5.74, 6) is 1.01. The van der Waals surface area contributed by atoms with Gasteiger partial charge in [-0.15, -0.1) is 10.2 Å². The fourth-order valence-corrected chi connectivity index (χ4v) is 3.28. The number of thioether (sulfide) groups is 1. The molecule has 0 fully saturated rings. The van der Waals surface area contributed by atoms with Crippen molar-refractivity contribution >= 4 is 29.0 Å². The van der Waals surface area contributed by atoms with Crippen LogP contribution in [0.25, 0.3) is 11.6 Å². The first-order valence-corrected chi connectivity index (χ1v) is 9.13. The van der Waals surface area contributed by atoms with Crippen LogP contribution in [0.15, 0.2) is 46.2 Å². The van der Waals surface area contributed by atoms with Gasteiger partial charge in [0.25, 0.3) is 5.69 Å². The second-order valence-electron chi connectivity index (χ2n) is 5.62. The van der Waals surface area contributed by atoms with Gasteiger partial charge in [-0.3, -0.25) is 19.5 Å². The van der Waals surface area contributed by atoms with Gasteiger partial charge >= 0.3 is 0 Å². The Kier molecular flexibility index (Phi) is 5.55. The second kappa shape index (κ2) is 8.04. The summed E-state index contributed by atoms with van der Waals surface area (Å²) < 4.78 is 7.21. The highest BCUT2D eigenvalue weighted by Crippen LogP contribution is 2.25. The number of nitro benzene ring substituents is 1. The van der Waals surface area contributed by atoms with Crippen LogP contribution in [0.2, 0.25) is 0 Å². The molecule has 0 unspecified atom stereocenters. The summed E-state index contributed by atoms with van der Waals surface area (Å²) in [6.45, 7) is 4.22. The quantitative estimate of drug-likeness (QED) is 0.374. The maximum atomic E-state index is 12.2. The molecule has 0 saturated heterocycles. The third kappa shape index (κ3) is 4.17. The maximum absolute atomic E-state index is 12.2. The lowest BCUT2D eigenvalue weighted by molar-refractivity contribution is -0.385. The molecule has 2 aromatic heterocycles. The van der Waals surface area contributed by atoms with Crippen LogP contribution < -0.4 is 5.32 Å². The van der Waals surface area contributed by atoms with E-state index in [9.17, 15) is 14.9 Å². The first-order chi connectivity index (χ1) is 13.0. The minimum Gasteiger partial charge on any atom is -0.461 e. The number of benzene rings is 1. The Bertz CT molecular complexity index is 968. The monoisotopic (exact) mass is 387 g/mol. The number of carbonyl (C=O) groups excluding carboxylic acids is 1. The zero-order chi connectivity index (χ0) is 19.4. The molecule has 0 radical (unpaired) electrons. The van der Waals surface area contributed by atoms with E-state index in [1.165, 1.54) is 17.8 Å². The molecule has 1 amide bonds. The number of amides is 1. The van der Waals surface area contributed by atoms with Crippen LogP contribution >= 0.6 is 11.8 Å². The van der Waals surface area contributed by atoms with E-state index < -0.39 is 4.92 Å². The molecule has 10 heteroatoms. The Balaban J connectivity index is 1.66. The Labute approximate surface area is 158 Å². The third-order valence-electron chi connectivity index (χ3n) is 3.80. The van der Waals surface area contributed by atoms with Crippen molar-refractivity contribution in [3.63, 3.8) is 0 Å². The number of carbonyl (C=O) groups is 1. The molecule has 1 N–H and O–H groups in total. The van der Waals surface area contributed by atoms with Gasteiger partial charge in [-0.25, -0.2) is 0 Å². The normalized spacial score (nSPS) is 10.7. The van der Waals surface area contributed by atoms with Crippen LogP contribution in [0.1, 0.15) is 12.5 Å². The Hall–Kier alpha value is -3.14. The van der Waals surface area contributed by atoms with E-state index in [1.54, 1.807) is 37.5 Å². The van der Waals surface area contributed by atoms with Crippen molar-refractivity contribution in [2.45, 2.75) is 25.5 Å². The number of nitro groups is 1. The van der Waals surface area contributed by atoms with E-state index in [1.807, 2.05) is 11.5 Å². The second-order valence-corrected chi connectivity index (χ2v) is 6.57. The van der Waals surface area contributed by atoms with Gasteiger partial charge in [0.05, 0.1) is 16.9 Å². The number of hydrogen-bond acceptors (Lipinski definition) is 7. The largest absolute Gasteiger partial charge is 0.461 e. The number of anilines is 1. The molecule has 0 aliphatic heterocycles. The molecule has 9 nitrogen and oxygen atoms in total. The molecule has 1 aromatic carbocycles. The van der Waals surface area contributed by atoms with Gasteiger partial charge in [0.2, 0.25) is 5.91 Å². The predicted octanol–water partition coefficient (Wildman–Crippen LogP) is 3.51. The van der Waals surface area contributed by atoms with Crippen molar-refractivity contribution in [1.82, 2.24) is 14.8 Å². The molecular formula is C17H17N5O4S. The van der Waals surface area contributed by atoms with Crippen LogP contribution in [0, 0.1) is 17.0 Å². The zero-order valence-corrected chi connectivity index (χ0v) is 15.5. The average Bonchev–Trinajstić information content (AvgIpc) is 3.30. The standard InChI is InChI=1S/C17H17N5O4S/c1-3-21-16(14-5-4-8-26-14)19-20-17(21)27-10-15(23)18-12-7-6-11(2)13(9-12)22(24)25/h4-9H,3,10H2,1-2H3,(H,18,23). The summed E-state index contributed by atoms with van der Waals surface area (Å²) in [4.78, 5) is 22.7. The van der Waals surface area contributed by atoms with Crippen molar-refractivity contribution in [1.29, 1.82) is 0 Å². The number of hydrogen-bond donors (Lipinski definition) is 1. The van der Waals surface area contributed by atoms with Gasteiger partial charge in [-0.05, 0) is 32.0 Å². The van der Waals surface area contributed by atoms with Crippen molar-refractivity contribution in [2.75, 3.05) is 11.1 Å². The molecule has 27 heavy (non-hydrogen) atoms. The van der Waals surface area contributed by atoms with Crippen LogP contribution in [0.5, 0.6) is 0 Å². The van der Waals surface area contributed by atoms with Gasteiger partial charge in [0.1, 0.15) is 0 Å². The van der Waals surface area contributed by atoms with Crippen LogP contribution in [-0.4, -0.2) is 31.3 Å². The lowest BCUT2D eigenvalue weighted by Crippen LogP contribution is -2.15. The first-order valence-electron chi connectivity index (χ1n) is 8.14. The summed E-state index contributed by atoms with van der Waals surface area (Å²) in [6, 6.07) is 8.15. The smallest absolute Gasteiger partial charge is 0.274 e. The third-order valence-corrected chi connectivity index (χ3v) is 4.76. The van der Waals surface area contributed by atoms with Crippen LogP contribution in [0.3, 0.4) is 0 Å². The van der Waals surface area contributed by atoms with Crippen LogP contribution in [0.4, 0.5) is 11.4 Å². The number of furan rings is 1. The summed E-state index contributed by atoms with van der Waals surface area (Å²) >= 11 is 1.23. The molecule has 0 spiro atoms. The maximum Gasteiger partial charge on any atom is 0.274 e. The van der Waals surface area contributed by atoms with Gasteiger partial charge in [-0.2, -0.15) is 0 Å². The molecule has 0 bridgehead atoms. The predicted molar refractivity (Wildman–Crippen MR) is 101 cm³/mol. The SMILES string of the molecule is CCn1c(SCC(=O)Nc2ccc(C)c([N+](=O)[O-])c2)nnc1-c1ccco1. The van der Waals surface area contributed by atoms with E-state index >= 15 is 0 Å². The highest BCUT2D eigenvalue weighted by atomic mass is 32.2. The van der Waals surface area contributed by atoms with Crippen molar-refractivity contribution in [3.05, 3.63) is 52.3 Å². The Morgan fingerprint density at radius 1 is 1.37 bits per heavy atom. The molecule has 3 aromatic rings. The molecule has 0 aliphatic carbocycles.